The molecule has 0 amide bonds. The monoisotopic (exact) mass is 204 g/mol. The third kappa shape index (κ3) is 2.18. The molecule has 1 aromatic carbocycles. The normalized spacial score (nSPS) is 9.67. The maximum atomic E-state index is 10.9. The Balaban J connectivity index is 3.40. The van der Waals surface area contributed by atoms with E-state index in [4.69, 9.17) is 0 Å². The van der Waals surface area contributed by atoms with Crippen LogP contribution in [0.5, 0.6) is 0 Å². The van der Waals surface area contributed by atoms with Gasteiger partial charge in [0.25, 0.3) is 0 Å². The molecule has 0 saturated carbocycles. The highest BCUT2D eigenvalue weighted by molar-refractivity contribution is 5.99. The lowest BCUT2D eigenvalue weighted by atomic mass is 9.95. The number of hydrogen-bond donors (Lipinski definition) is 0. The molecular weight excluding hydrogens is 192 g/mol. The van der Waals surface area contributed by atoms with E-state index < -0.39 is 0 Å². The molecule has 0 fully saturated rings. The van der Waals surface area contributed by atoms with Crippen LogP contribution in [0.3, 0.4) is 0 Å². The van der Waals surface area contributed by atoms with Crippen molar-refractivity contribution in [3.05, 3.63) is 34.4 Å². The summed E-state index contributed by atoms with van der Waals surface area (Å²) in [6.07, 6.45) is 3.41. The van der Waals surface area contributed by atoms with Crippen LogP contribution in [-0.2, 0) is 6.42 Å². The molecular formula is C12H12O3. The van der Waals surface area contributed by atoms with Crippen LogP contribution in [-0.4, -0.2) is 18.9 Å². The smallest absolute Gasteiger partial charge is 0.151 e. The minimum Gasteiger partial charge on any atom is -0.298 e. The highest BCUT2D eigenvalue weighted by Crippen LogP contribution is 2.16. The highest BCUT2D eigenvalue weighted by atomic mass is 16.1. The molecule has 15 heavy (non-hydrogen) atoms. The summed E-state index contributed by atoms with van der Waals surface area (Å²) < 4.78 is 0. The Morgan fingerprint density at radius 3 is 2.13 bits per heavy atom. The number of carbonyl (C=O) groups excluding carboxylic acids is 3. The first kappa shape index (κ1) is 11.3. The Morgan fingerprint density at radius 1 is 1.00 bits per heavy atom. The van der Waals surface area contributed by atoms with Crippen molar-refractivity contribution >= 4 is 18.9 Å². The van der Waals surface area contributed by atoms with E-state index in [-0.39, 0.29) is 11.1 Å². The van der Waals surface area contributed by atoms with Gasteiger partial charge in [-0.1, -0.05) is 25.5 Å². The van der Waals surface area contributed by atoms with Crippen molar-refractivity contribution in [3.8, 4) is 0 Å². The molecule has 1 aromatic rings. The van der Waals surface area contributed by atoms with Crippen LogP contribution < -0.4 is 0 Å². The van der Waals surface area contributed by atoms with Crippen molar-refractivity contribution in [1.82, 2.24) is 0 Å². The van der Waals surface area contributed by atoms with Crippen LogP contribution in [0, 0.1) is 0 Å². The van der Waals surface area contributed by atoms with E-state index >= 15 is 0 Å². The van der Waals surface area contributed by atoms with Crippen molar-refractivity contribution in [2.75, 3.05) is 0 Å². The molecule has 0 N–H and O–H groups in total. The van der Waals surface area contributed by atoms with Gasteiger partial charge in [-0.25, -0.2) is 0 Å². The van der Waals surface area contributed by atoms with E-state index in [1.807, 2.05) is 6.92 Å². The first-order chi connectivity index (χ1) is 7.28. The molecule has 3 nitrogen and oxygen atoms in total. The van der Waals surface area contributed by atoms with Gasteiger partial charge in [0.05, 0.1) is 0 Å². The lowest BCUT2D eigenvalue weighted by Crippen LogP contribution is -2.02. The summed E-state index contributed by atoms with van der Waals surface area (Å²) in [6, 6.07) is 3.30. The second-order valence-electron chi connectivity index (χ2n) is 3.24. The van der Waals surface area contributed by atoms with Crippen LogP contribution in [0.15, 0.2) is 12.1 Å². The van der Waals surface area contributed by atoms with E-state index in [9.17, 15) is 14.4 Å². The van der Waals surface area contributed by atoms with Crippen molar-refractivity contribution in [2.45, 2.75) is 19.8 Å². The van der Waals surface area contributed by atoms with Gasteiger partial charge in [0.15, 0.2) is 18.9 Å². The van der Waals surface area contributed by atoms with Crippen LogP contribution in [0.4, 0.5) is 0 Å². The van der Waals surface area contributed by atoms with Gasteiger partial charge >= 0.3 is 0 Å². The molecule has 0 aromatic heterocycles. The summed E-state index contributed by atoms with van der Waals surface area (Å²) in [5.41, 5.74) is 1.63. The predicted molar refractivity (Wildman–Crippen MR) is 56.6 cm³/mol. The van der Waals surface area contributed by atoms with Crippen LogP contribution >= 0.6 is 0 Å². The van der Waals surface area contributed by atoms with E-state index in [1.165, 1.54) is 0 Å². The second-order valence-corrected chi connectivity index (χ2v) is 3.24. The number of hydrogen-bond acceptors (Lipinski definition) is 3. The predicted octanol–water partition coefficient (Wildman–Crippen LogP) is 2.08. The topological polar surface area (TPSA) is 51.2 Å². The third-order valence-corrected chi connectivity index (χ3v) is 2.29. The van der Waals surface area contributed by atoms with Gasteiger partial charge in [-0.3, -0.25) is 14.4 Å². The van der Waals surface area contributed by atoms with Gasteiger partial charge < -0.3 is 0 Å². The van der Waals surface area contributed by atoms with E-state index in [2.05, 4.69) is 0 Å². The zero-order valence-electron chi connectivity index (χ0n) is 8.53. The van der Waals surface area contributed by atoms with Crippen LogP contribution in [0.2, 0.25) is 0 Å². The third-order valence-electron chi connectivity index (χ3n) is 2.29. The van der Waals surface area contributed by atoms with Crippen molar-refractivity contribution < 1.29 is 14.4 Å². The molecule has 0 radical (unpaired) electrons. The fraction of sp³-hybridized carbons (Fsp3) is 0.250. The van der Waals surface area contributed by atoms with E-state index in [0.29, 0.717) is 24.4 Å². The largest absolute Gasteiger partial charge is 0.298 e. The highest BCUT2D eigenvalue weighted by Gasteiger charge is 2.11. The minimum atomic E-state index is 0.200. The van der Waals surface area contributed by atoms with Gasteiger partial charge in [-0.05, 0) is 12.0 Å². The average Bonchev–Trinajstić information content (AvgIpc) is 2.28. The lowest BCUT2D eigenvalue weighted by molar-refractivity contribution is 0.108. The molecule has 0 saturated heterocycles. The maximum Gasteiger partial charge on any atom is 0.151 e. The summed E-state index contributed by atoms with van der Waals surface area (Å²) in [5, 5.41) is 0. The molecule has 0 unspecified atom stereocenters. The number of aryl methyl sites for hydroxylation is 1. The average molecular weight is 204 g/mol. The summed E-state index contributed by atoms with van der Waals surface area (Å²) in [4.78, 5) is 32.3. The molecule has 3 heteroatoms. The zero-order chi connectivity index (χ0) is 11.3. The maximum absolute atomic E-state index is 10.9. The quantitative estimate of drug-likeness (QED) is 0.690. The zero-order valence-corrected chi connectivity index (χ0v) is 8.53. The van der Waals surface area contributed by atoms with Crippen molar-refractivity contribution in [3.63, 3.8) is 0 Å². The summed E-state index contributed by atoms with van der Waals surface area (Å²) >= 11 is 0. The van der Waals surface area contributed by atoms with Crippen molar-refractivity contribution in [2.24, 2.45) is 0 Å². The Morgan fingerprint density at radius 2 is 1.67 bits per heavy atom. The fourth-order valence-corrected chi connectivity index (χ4v) is 1.56. The van der Waals surface area contributed by atoms with Gasteiger partial charge in [0.2, 0.25) is 0 Å². The molecule has 0 heterocycles. The molecule has 0 aliphatic heterocycles. The second kappa shape index (κ2) is 5.20. The molecule has 1 rings (SSSR count). The minimum absolute atomic E-state index is 0.200. The van der Waals surface area contributed by atoms with Gasteiger partial charge in [-0.2, -0.15) is 0 Å². The molecule has 78 valence electrons. The Labute approximate surface area is 88.1 Å². The van der Waals surface area contributed by atoms with Gasteiger partial charge in [0.1, 0.15) is 0 Å². The van der Waals surface area contributed by atoms with Crippen LogP contribution in [0.1, 0.15) is 50.0 Å². The standard InChI is InChI=1S/C12H12O3/c1-2-3-9-4-5-10(6-13)12(8-15)11(9)7-14/h4-8H,2-3H2,1H3. The fourth-order valence-electron chi connectivity index (χ4n) is 1.56. The first-order valence-electron chi connectivity index (χ1n) is 4.79. The van der Waals surface area contributed by atoms with Gasteiger partial charge in [-0.15, -0.1) is 0 Å². The number of aldehydes is 3. The Bertz CT molecular complexity index is 394. The summed E-state index contributed by atoms with van der Waals surface area (Å²) in [5.74, 6) is 0. The Kier molecular flexibility index (Phi) is 3.92. The lowest BCUT2D eigenvalue weighted by Gasteiger charge is -2.07. The molecule has 0 bridgehead atoms. The van der Waals surface area contributed by atoms with E-state index in [0.717, 1.165) is 18.4 Å². The van der Waals surface area contributed by atoms with Gasteiger partial charge in [0, 0.05) is 16.7 Å². The SMILES string of the molecule is CCCc1ccc(C=O)c(C=O)c1C=O. The summed E-state index contributed by atoms with van der Waals surface area (Å²) in [7, 11) is 0. The molecule has 0 aliphatic rings. The van der Waals surface area contributed by atoms with Crippen molar-refractivity contribution in [1.29, 1.82) is 0 Å². The Hall–Kier alpha value is -1.77. The molecule has 0 aliphatic carbocycles. The van der Waals surface area contributed by atoms with E-state index in [1.54, 1.807) is 12.1 Å². The molecule has 0 spiro atoms. The molecule has 0 atom stereocenters. The summed E-state index contributed by atoms with van der Waals surface area (Å²) in [6.45, 7) is 1.99. The number of rotatable bonds is 5. The number of benzene rings is 1. The van der Waals surface area contributed by atoms with Crippen LogP contribution in [0.25, 0.3) is 0 Å². The number of carbonyl (C=O) groups is 3. The first-order valence-corrected chi connectivity index (χ1v) is 4.79.